The van der Waals surface area contributed by atoms with Crippen LogP contribution in [-0.4, -0.2) is 29.2 Å². The molecule has 22 heavy (non-hydrogen) atoms. The molecule has 116 valence electrons. The number of carboxylic acids is 1. The molecule has 0 amide bonds. The van der Waals surface area contributed by atoms with Crippen LogP contribution in [0.3, 0.4) is 0 Å². The van der Waals surface area contributed by atoms with Crippen molar-refractivity contribution in [3.63, 3.8) is 0 Å². The van der Waals surface area contributed by atoms with Crippen molar-refractivity contribution < 1.29 is 19.5 Å². The summed E-state index contributed by atoms with van der Waals surface area (Å²) < 4.78 is 0. The van der Waals surface area contributed by atoms with Gasteiger partial charge in [0.15, 0.2) is 11.6 Å². The van der Waals surface area contributed by atoms with Crippen molar-refractivity contribution in [1.29, 1.82) is 0 Å². The number of carboxylic acid groups (broad SMARTS) is 1. The Morgan fingerprint density at radius 1 is 1.18 bits per heavy atom. The Labute approximate surface area is 129 Å². The summed E-state index contributed by atoms with van der Waals surface area (Å²) in [5.74, 6) is -1.22. The van der Waals surface area contributed by atoms with E-state index >= 15 is 0 Å². The average molecular weight is 301 g/mol. The minimum Gasteiger partial charge on any atom is -0.481 e. The predicted octanol–water partition coefficient (Wildman–Crippen LogP) is 2.04. The summed E-state index contributed by atoms with van der Waals surface area (Å²) >= 11 is 0. The number of Topliss-reactive ketones (excluding diaryl/α,β-unsaturated/α-hetero) is 2. The zero-order valence-corrected chi connectivity index (χ0v) is 12.2. The number of allylic oxidation sites excluding steroid dienone is 1. The van der Waals surface area contributed by atoms with Gasteiger partial charge in [-0.2, -0.15) is 0 Å². The summed E-state index contributed by atoms with van der Waals surface area (Å²) in [6, 6.07) is 9.58. The fourth-order valence-corrected chi connectivity index (χ4v) is 2.53. The molecule has 1 aromatic rings. The molecule has 1 aliphatic rings. The third-order valence-electron chi connectivity index (χ3n) is 3.69. The van der Waals surface area contributed by atoms with Crippen LogP contribution in [0.5, 0.6) is 0 Å². The fourth-order valence-electron chi connectivity index (χ4n) is 2.53. The van der Waals surface area contributed by atoms with Gasteiger partial charge in [0.25, 0.3) is 0 Å². The molecule has 0 spiro atoms. The molecule has 0 saturated heterocycles. The Morgan fingerprint density at radius 2 is 1.82 bits per heavy atom. The molecular formula is C17H19NO4. The van der Waals surface area contributed by atoms with Gasteiger partial charge in [-0.1, -0.05) is 30.3 Å². The van der Waals surface area contributed by atoms with Gasteiger partial charge in [-0.3, -0.25) is 14.4 Å². The Kier molecular flexibility index (Phi) is 5.47. The molecule has 0 bridgehead atoms. The molecule has 0 aromatic heterocycles. The van der Waals surface area contributed by atoms with Crippen LogP contribution in [-0.2, 0) is 14.4 Å². The van der Waals surface area contributed by atoms with Gasteiger partial charge in [-0.25, -0.2) is 0 Å². The first-order valence-electron chi connectivity index (χ1n) is 7.34. The standard InChI is InChI=1S/C17H19NO4/c19-15-9-13(12-5-2-1-3-6-12)10-16(20)14(15)11-18-8-4-7-17(21)22/h1-3,5-6,11,13,18H,4,7-10H2,(H,21,22). The first-order chi connectivity index (χ1) is 10.6. The van der Waals surface area contributed by atoms with Gasteiger partial charge in [0.05, 0.1) is 5.57 Å². The highest BCUT2D eigenvalue weighted by Gasteiger charge is 2.31. The van der Waals surface area contributed by atoms with Crippen LogP contribution in [0.2, 0.25) is 0 Å². The van der Waals surface area contributed by atoms with Gasteiger partial charge in [0, 0.05) is 32.0 Å². The maximum Gasteiger partial charge on any atom is 0.303 e. The monoisotopic (exact) mass is 301 g/mol. The summed E-state index contributed by atoms with van der Waals surface area (Å²) in [7, 11) is 0. The Hall–Kier alpha value is -2.43. The van der Waals surface area contributed by atoms with Crippen molar-refractivity contribution >= 4 is 17.5 Å². The molecule has 1 saturated carbocycles. The summed E-state index contributed by atoms with van der Waals surface area (Å²) in [6.45, 7) is 0.429. The SMILES string of the molecule is O=C(O)CCCNC=C1C(=O)CC(c2ccccc2)CC1=O. The zero-order valence-electron chi connectivity index (χ0n) is 12.2. The van der Waals surface area contributed by atoms with E-state index in [2.05, 4.69) is 5.32 Å². The maximum absolute atomic E-state index is 12.1. The van der Waals surface area contributed by atoms with E-state index < -0.39 is 5.97 Å². The number of hydrogen-bond acceptors (Lipinski definition) is 4. The highest BCUT2D eigenvalue weighted by atomic mass is 16.4. The van der Waals surface area contributed by atoms with Gasteiger partial charge in [0.2, 0.25) is 0 Å². The number of benzene rings is 1. The third kappa shape index (κ3) is 4.28. The van der Waals surface area contributed by atoms with Crippen molar-refractivity contribution in [2.45, 2.75) is 31.6 Å². The lowest BCUT2D eigenvalue weighted by molar-refractivity contribution is -0.137. The number of nitrogens with one attached hydrogen (secondary N) is 1. The second-order valence-electron chi connectivity index (χ2n) is 5.37. The Morgan fingerprint density at radius 3 is 2.41 bits per heavy atom. The highest BCUT2D eigenvalue weighted by Crippen LogP contribution is 2.31. The lowest BCUT2D eigenvalue weighted by Crippen LogP contribution is -2.26. The molecule has 0 heterocycles. The number of carbonyl (C=O) groups is 3. The first-order valence-corrected chi connectivity index (χ1v) is 7.34. The van der Waals surface area contributed by atoms with Crippen LogP contribution >= 0.6 is 0 Å². The first kappa shape index (κ1) is 15.9. The molecular weight excluding hydrogens is 282 g/mol. The summed E-state index contributed by atoms with van der Waals surface area (Å²) in [5.41, 5.74) is 1.21. The number of aliphatic carboxylic acids is 1. The van der Waals surface area contributed by atoms with E-state index in [1.54, 1.807) is 0 Å². The minimum absolute atomic E-state index is 0.0506. The van der Waals surface area contributed by atoms with Gasteiger partial charge < -0.3 is 10.4 Å². The van der Waals surface area contributed by atoms with Crippen LogP contribution in [0, 0.1) is 0 Å². The topological polar surface area (TPSA) is 83.5 Å². The smallest absolute Gasteiger partial charge is 0.303 e. The van der Waals surface area contributed by atoms with E-state index in [0.29, 0.717) is 25.8 Å². The quantitative estimate of drug-likeness (QED) is 0.477. The van der Waals surface area contributed by atoms with Gasteiger partial charge in [-0.15, -0.1) is 0 Å². The number of rotatable bonds is 6. The molecule has 0 radical (unpaired) electrons. The normalized spacial score (nSPS) is 18.2. The molecule has 0 aliphatic heterocycles. The number of ketones is 2. The minimum atomic E-state index is -0.857. The van der Waals surface area contributed by atoms with Gasteiger partial charge >= 0.3 is 5.97 Å². The Bertz CT molecular complexity index is 572. The molecule has 1 aromatic carbocycles. The second kappa shape index (κ2) is 7.54. The van der Waals surface area contributed by atoms with Crippen molar-refractivity contribution in [2.24, 2.45) is 0 Å². The lowest BCUT2D eigenvalue weighted by atomic mass is 9.80. The molecule has 5 heteroatoms. The van der Waals surface area contributed by atoms with Gasteiger partial charge in [-0.05, 0) is 17.9 Å². The second-order valence-corrected chi connectivity index (χ2v) is 5.37. The van der Waals surface area contributed by atoms with E-state index in [0.717, 1.165) is 5.56 Å². The van der Waals surface area contributed by atoms with Crippen molar-refractivity contribution in [3.05, 3.63) is 47.7 Å². The summed E-state index contributed by atoms with van der Waals surface area (Å²) in [4.78, 5) is 34.7. The highest BCUT2D eigenvalue weighted by molar-refractivity contribution is 6.22. The number of hydrogen-bond donors (Lipinski definition) is 2. The van der Waals surface area contributed by atoms with Crippen molar-refractivity contribution in [3.8, 4) is 0 Å². The van der Waals surface area contributed by atoms with Crippen LogP contribution in [0.1, 0.15) is 37.2 Å². The van der Waals surface area contributed by atoms with E-state index in [4.69, 9.17) is 5.11 Å². The molecule has 5 nitrogen and oxygen atoms in total. The molecule has 0 atom stereocenters. The van der Waals surface area contributed by atoms with Crippen LogP contribution in [0.4, 0.5) is 0 Å². The molecule has 2 N–H and O–H groups in total. The molecule has 2 rings (SSSR count). The van der Waals surface area contributed by atoms with E-state index in [1.807, 2.05) is 30.3 Å². The van der Waals surface area contributed by atoms with E-state index in [9.17, 15) is 14.4 Å². The maximum atomic E-state index is 12.1. The largest absolute Gasteiger partial charge is 0.481 e. The van der Waals surface area contributed by atoms with Gasteiger partial charge in [0.1, 0.15) is 0 Å². The van der Waals surface area contributed by atoms with E-state index in [-0.39, 0.29) is 29.5 Å². The van der Waals surface area contributed by atoms with Crippen LogP contribution in [0.25, 0.3) is 0 Å². The van der Waals surface area contributed by atoms with Crippen molar-refractivity contribution in [2.75, 3.05) is 6.54 Å². The van der Waals surface area contributed by atoms with E-state index in [1.165, 1.54) is 6.20 Å². The molecule has 1 aliphatic carbocycles. The third-order valence-corrected chi connectivity index (χ3v) is 3.69. The Balaban J connectivity index is 1.92. The van der Waals surface area contributed by atoms with Crippen LogP contribution < -0.4 is 5.32 Å². The van der Waals surface area contributed by atoms with Crippen molar-refractivity contribution in [1.82, 2.24) is 5.32 Å². The number of carbonyl (C=O) groups excluding carboxylic acids is 2. The fraction of sp³-hybridized carbons (Fsp3) is 0.353. The predicted molar refractivity (Wildman–Crippen MR) is 81.4 cm³/mol. The lowest BCUT2D eigenvalue weighted by Gasteiger charge is -2.22. The summed E-state index contributed by atoms with van der Waals surface area (Å²) in [5, 5.41) is 11.4. The molecule has 1 fully saturated rings. The zero-order chi connectivity index (χ0) is 15.9. The summed E-state index contributed by atoms with van der Waals surface area (Å²) in [6.07, 6.45) is 2.62. The van der Waals surface area contributed by atoms with Crippen LogP contribution in [0.15, 0.2) is 42.1 Å². The molecule has 0 unspecified atom stereocenters. The average Bonchev–Trinajstić information content (AvgIpc) is 2.49.